The Morgan fingerprint density at radius 1 is 0.535 bits per heavy atom. The van der Waals surface area contributed by atoms with Crippen molar-refractivity contribution in [1.82, 2.24) is 0 Å². The molecule has 0 unspecified atom stereocenters. The Kier molecular flexibility index (Phi) is 20.2. The molecule has 5 aromatic rings. The van der Waals surface area contributed by atoms with Crippen molar-refractivity contribution < 1.29 is 26.2 Å². The van der Waals surface area contributed by atoms with Crippen LogP contribution in [0.1, 0.15) is 112 Å². The van der Waals surface area contributed by atoms with Crippen LogP contribution in [0.3, 0.4) is 0 Å². The summed E-state index contributed by atoms with van der Waals surface area (Å²) in [5, 5.41) is 7.05. The average molecular weight is 713 g/mol. The van der Waals surface area contributed by atoms with Crippen LogP contribution in [0.2, 0.25) is 0 Å². The maximum absolute atomic E-state index is 2.39. The van der Waals surface area contributed by atoms with Crippen LogP contribution >= 0.6 is 24.8 Å². The van der Waals surface area contributed by atoms with Gasteiger partial charge in [-0.2, -0.15) is 12.1 Å². The SMILES string of the molecule is Cc1cc2c(C(C)C)cc(C(C)C)cc2[cH-]1.Cc1cc2c(C(C)C)cc(C(C)C)cc2[cH-]1.Cl.Cl.[CH3-].[SiH2]c1ccccc1.[Zr+3]. The van der Waals surface area contributed by atoms with Crippen molar-refractivity contribution in [1.29, 1.82) is 0 Å². The van der Waals surface area contributed by atoms with Crippen LogP contribution < -0.4 is 5.19 Å². The zero-order chi connectivity index (χ0) is 28.9. The van der Waals surface area contributed by atoms with E-state index in [1.807, 2.05) is 28.4 Å². The van der Waals surface area contributed by atoms with Gasteiger partial charge in [0.2, 0.25) is 0 Å². The molecule has 0 atom stereocenters. The molecule has 0 fully saturated rings. The van der Waals surface area contributed by atoms with E-state index in [0.717, 1.165) is 0 Å². The van der Waals surface area contributed by atoms with Gasteiger partial charge in [0.25, 0.3) is 0 Å². The Morgan fingerprint density at radius 2 is 0.884 bits per heavy atom. The molecule has 0 nitrogen and oxygen atoms in total. The van der Waals surface area contributed by atoms with E-state index in [9.17, 15) is 0 Å². The largest absolute Gasteiger partial charge is 3.00 e. The molecule has 0 spiro atoms. The first-order valence-corrected chi connectivity index (χ1v) is 15.4. The minimum Gasteiger partial charge on any atom is -0.358 e. The Hall–Kier alpha value is -1.44. The van der Waals surface area contributed by atoms with E-state index < -0.39 is 0 Å². The van der Waals surface area contributed by atoms with Gasteiger partial charge in [0.05, 0.1) is 0 Å². The van der Waals surface area contributed by atoms with Crippen molar-refractivity contribution in [2.45, 2.75) is 92.9 Å². The quantitative estimate of drug-likeness (QED) is 0.129. The van der Waals surface area contributed by atoms with E-state index in [-0.39, 0.29) is 58.4 Å². The summed E-state index contributed by atoms with van der Waals surface area (Å²) in [4.78, 5) is 0. The second-order valence-corrected chi connectivity index (χ2v) is 13.2. The van der Waals surface area contributed by atoms with Gasteiger partial charge in [0, 0.05) is 10.2 Å². The molecule has 5 rings (SSSR count). The summed E-state index contributed by atoms with van der Waals surface area (Å²) in [5.74, 6) is 2.42. The number of benzene rings is 3. The Bertz CT molecular complexity index is 1390. The van der Waals surface area contributed by atoms with Gasteiger partial charge >= 0.3 is 26.2 Å². The number of halogens is 2. The predicted octanol–water partition coefficient (Wildman–Crippen LogP) is 11.5. The molecule has 0 aliphatic heterocycles. The second-order valence-electron chi connectivity index (χ2n) is 12.4. The minimum absolute atomic E-state index is 0. The van der Waals surface area contributed by atoms with Gasteiger partial charge in [-0.25, -0.2) is 0 Å². The van der Waals surface area contributed by atoms with Crippen molar-refractivity contribution in [2.75, 3.05) is 0 Å². The van der Waals surface area contributed by atoms with E-state index in [1.165, 1.54) is 60.1 Å². The molecule has 2 radical (unpaired) electrons. The molecule has 5 aromatic carbocycles. The molecule has 0 saturated carbocycles. The van der Waals surface area contributed by atoms with E-state index in [2.05, 4.69) is 130 Å². The van der Waals surface area contributed by atoms with Gasteiger partial charge in [0.15, 0.2) is 0 Å². The summed E-state index contributed by atoms with van der Waals surface area (Å²) in [7, 11) is 1.90. The van der Waals surface area contributed by atoms with Gasteiger partial charge in [-0.3, -0.25) is 0 Å². The standard InChI is InChI=1S/2C16H21.C6H7Si.CH3.2ClH.Zr/c2*1-10(2)13-8-14-6-12(5)7-16(14)15(9-13)11(3)4;7-6-4-2-1-3-5-6;;;;/h2*6-11H,1-5H3;1-5H,7H2;1H3;2*1H;/q2*-1;;-1;;;+3. The molecule has 0 aromatic heterocycles. The first-order chi connectivity index (χ1) is 18.4. The Balaban J connectivity index is 0. The van der Waals surface area contributed by atoms with Crippen molar-refractivity contribution in [2.24, 2.45) is 0 Å². The van der Waals surface area contributed by atoms with Gasteiger partial charge < -0.3 is 7.43 Å². The third kappa shape index (κ3) is 12.1. The fourth-order valence-corrected chi connectivity index (χ4v) is 5.42. The third-order valence-corrected chi connectivity index (χ3v) is 7.93. The Morgan fingerprint density at radius 3 is 1.14 bits per heavy atom. The zero-order valence-electron chi connectivity index (χ0n) is 28.3. The maximum Gasteiger partial charge on any atom is 3.00 e. The summed E-state index contributed by atoms with van der Waals surface area (Å²) >= 11 is 0. The molecule has 4 heteroatoms. The van der Waals surface area contributed by atoms with Crippen LogP contribution in [0.15, 0.2) is 78.9 Å². The van der Waals surface area contributed by atoms with Crippen molar-refractivity contribution in [3.63, 3.8) is 0 Å². The number of aryl methyl sites for hydroxylation is 2. The van der Waals surface area contributed by atoms with Gasteiger partial charge in [-0.05, 0) is 23.7 Å². The number of fused-ring (bicyclic) bond motifs is 2. The summed E-state index contributed by atoms with van der Waals surface area (Å²) in [6, 6.07) is 29.0. The number of hydrogen-bond acceptors (Lipinski definition) is 0. The molecule has 0 amide bonds. The van der Waals surface area contributed by atoms with E-state index in [1.54, 1.807) is 0 Å². The first kappa shape index (κ1) is 43.7. The van der Waals surface area contributed by atoms with Crippen LogP contribution in [0.5, 0.6) is 0 Å². The molecular formula is C39H54Cl2SiZr. The van der Waals surface area contributed by atoms with Crippen LogP contribution in [0.4, 0.5) is 0 Å². The summed E-state index contributed by atoms with van der Waals surface area (Å²) in [6.45, 7) is 22.5. The van der Waals surface area contributed by atoms with Gasteiger partial charge in [0.1, 0.15) is 0 Å². The van der Waals surface area contributed by atoms with Crippen molar-refractivity contribution >= 4 is 61.8 Å². The van der Waals surface area contributed by atoms with E-state index >= 15 is 0 Å². The molecular weight excluding hydrogens is 659 g/mol. The molecule has 0 N–H and O–H groups in total. The summed E-state index contributed by atoms with van der Waals surface area (Å²) in [6.07, 6.45) is 0. The normalized spacial score (nSPS) is 10.3. The van der Waals surface area contributed by atoms with Crippen LogP contribution in [-0.4, -0.2) is 10.2 Å². The summed E-state index contributed by atoms with van der Waals surface area (Å²) < 4.78 is 0. The van der Waals surface area contributed by atoms with Crippen molar-refractivity contribution in [3.05, 3.63) is 120 Å². The number of hydrogen-bond donors (Lipinski definition) is 0. The van der Waals surface area contributed by atoms with Crippen LogP contribution in [0, 0.1) is 21.3 Å². The topological polar surface area (TPSA) is 0 Å². The van der Waals surface area contributed by atoms with Crippen LogP contribution in [-0.2, 0) is 26.2 Å². The fourth-order valence-electron chi connectivity index (χ4n) is 5.15. The van der Waals surface area contributed by atoms with E-state index in [4.69, 9.17) is 0 Å². The first-order valence-electron chi connectivity index (χ1n) is 14.7. The number of rotatable bonds is 4. The Labute approximate surface area is 298 Å². The van der Waals surface area contributed by atoms with Gasteiger partial charge in [-0.1, -0.05) is 139 Å². The predicted molar refractivity (Wildman–Crippen MR) is 200 cm³/mol. The third-order valence-electron chi connectivity index (χ3n) is 7.46. The van der Waals surface area contributed by atoms with Gasteiger partial charge in [-0.15, -0.1) is 81.8 Å². The molecule has 0 heterocycles. The summed E-state index contributed by atoms with van der Waals surface area (Å²) in [5.41, 5.74) is 8.66. The zero-order valence-corrected chi connectivity index (χ0v) is 33.8. The maximum atomic E-state index is 2.39. The monoisotopic (exact) mass is 710 g/mol. The molecule has 43 heavy (non-hydrogen) atoms. The second kappa shape index (κ2) is 19.8. The molecule has 0 aliphatic carbocycles. The van der Waals surface area contributed by atoms with Crippen molar-refractivity contribution in [3.8, 4) is 0 Å². The van der Waals surface area contributed by atoms with E-state index in [0.29, 0.717) is 23.7 Å². The fraction of sp³-hybridized carbons (Fsp3) is 0.359. The molecule has 0 aliphatic rings. The smallest absolute Gasteiger partial charge is 0.358 e. The molecule has 232 valence electrons. The van der Waals surface area contributed by atoms with Crippen LogP contribution in [0.25, 0.3) is 21.5 Å². The molecule has 0 saturated heterocycles. The molecule has 0 bridgehead atoms. The minimum atomic E-state index is 0. The average Bonchev–Trinajstić information content (AvgIpc) is 3.44.